The number of fused-ring (bicyclic) bond motifs is 5. The molecule has 3 amide bonds. The summed E-state index contributed by atoms with van der Waals surface area (Å²) in [5, 5.41) is 2.85. The standard InChI is InChI=1S/C23H20N2O3/c1-13-5-7-14(8-6-13)21(26)24-17-3-2-4-18(12-17)25-22(27)19-15-9-10-16(11-15)20(19)23(25)28/h2-10,12,15-16,19-20H,11H2,1H3,(H,24,26)/t15-,16+,19-,20-/m0/s1. The highest BCUT2D eigenvalue weighted by molar-refractivity contribution is 6.23. The highest BCUT2D eigenvalue weighted by Crippen LogP contribution is 2.53. The van der Waals surface area contributed by atoms with Gasteiger partial charge >= 0.3 is 0 Å². The summed E-state index contributed by atoms with van der Waals surface area (Å²) in [5.41, 5.74) is 2.72. The van der Waals surface area contributed by atoms with Crippen LogP contribution in [0, 0.1) is 30.6 Å². The molecular formula is C23H20N2O3. The molecule has 1 N–H and O–H groups in total. The number of anilines is 2. The molecule has 0 aromatic heterocycles. The van der Waals surface area contributed by atoms with Crippen molar-refractivity contribution in [3.05, 3.63) is 71.8 Å². The maximum Gasteiger partial charge on any atom is 0.255 e. The third-order valence-corrected chi connectivity index (χ3v) is 6.15. The number of carbonyl (C=O) groups excluding carboxylic acids is 3. The van der Waals surface area contributed by atoms with E-state index < -0.39 is 0 Å². The van der Waals surface area contributed by atoms with Crippen LogP contribution in [0.3, 0.4) is 0 Å². The van der Waals surface area contributed by atoms with Gasteiger partial charge in [-0.15, -0.1) is 0 Å². The number of carbonyl (C=O) groups is 3. The summed E-state index contributed by atoms with van der Waals surface area (Å²) in [6.45, 7) is 1.96. The van der Waals surface area contributed by atoms with Gasteiger partial charge in [-0.05, 0) is 55.5 Å². The Bertz CT molecular complexity index is 994. The summed E-state index contributed by atoms with van der Waals surface area (Å²) in [4.78, 5) is 39.7. The SMILES string of the molecule is Cc1ccc(C(=O)Nc2cccc(N3C(=O)[C@@H]4[C@@H](C3=O)[C@H]3C=C[C@@H]4C3)c2)cc1. The Hall–Kier alpha value is -3.21. The number of allylic oxidation sites excluding steroid dienone is 2. The van der Waals surface area contributed by atoms with Gasteiger partial charge in [-0.25, -0.2) is 4.90 Å². The first-order chi connectivity index (χ1) is 13.5. The van der Waals surface area contributed by atoms with E-state index in [0.29, 0.717) is 16.9 Å². The van der Waals surface area contributed by atoms with Crippen LogP contribution in [-0.2, 0) is 9.59 Å². The first-order valence-corrected chi connectivity index (χ1v) is 9.57. The van der Waals surface area contributed by atoms with Crippen LogP contribution >= 0.6 is 0 Å². The number of rotatable bonds is 3. The number of amides is 3. The smallest absolute Gasteiger partial charge is 0.255 e. The first kappa shape index (κ1) is 16.9. The number of benzene rings is 2. The quantitative estimate of drug-likeness (QED) is 0.662. The van der Waals surface area contributed by atoms with Crippen molar-refractivity contribution in [2.75, 3.05) is 10.2 Å². The zero-order valence-corrected chi connectivity index (χ0v) is 15.5. The van der Waals surface area contributed by atoms with Gasteiger partial charge in [-0.1, -0.05) is 35.9 Å². The van der Waals surface area contributed by atoms with Crippen molar-refractivity contribution in [3.8, 4) is 0 Å². The van der Waals surface area contributed by atoms with Gasteiger partial charge in [0.05, 0.1) is 17.5 Å². The summed E-state index contributed by atoms with van der Waals surface area (Å²) >= 11 is 0. The molecule has 0 radical (unpaired) electrons. The van der Waals surface area contributed by atoms with Gasteiger partial charge in [0, 0.05) is 11.3 Å². The van der Waals surface area contributed by atoms with E-state index in [1.807, 2.05) is 19.1 Å². The van der Waals surface area contributed by atoms with Crippen LogP contribution in [-0.4, -0.2) is 17.7 Å². The van der Waals surface area contributed by atoms with Crippen molar-refractivity contribution in [3.63, 3.8) is 0 Å². The minimum absolute atomic E-state index is 0.117. The Morgan fingerprint density at radius 2 is 1.61 bits per heavy atom. The highest BCUT2D eigenvalue weighted by atomic mass is 16.2. The van der Waals surface area contributed by atoms with Crippen LogP contribution in [0.1, 0.15) is 22.3 Å². The number of hydrogen-bond acceptors (Lipinski definition) is 3. The fraction of sp³-hybridized carbons (Fsp3) is 0.261. The van der Waals surface area contributed by atoms with Gasteiger partial charge in [-0.2, -0.15) is 0 Å². The highest BCUT2D eigenvalue weighted by Gasteiger charge is 2.59. The summed E-state index contributed by atoms with van der Waals surface area (Å²) in [7, 11) is 0. The van der Waals surface area contributed by atoms with E-state index in [1.165, 1.54) is 4.90 Å². The molecule has 2 aromatic rings. The van der Waals surface area contributed by atoms with Crippen LogP contribution in [0.15, 0.2) is 60.7 Å². The lowest BCUT2D eigenvalue weighted by atomic mass is 9.85. The Labute approximate surface area is 163 Å². The lowest BCUT2D eigenvalue weighted by Gasteiger charge is -2.18. The van der Waals surface area contributed by atoms with Crippen LogP contribution in [0.2, 0.25) is 0 Å². The van der Waals surface area contributed by atoms with Gasteiger partial charge in [0.15, 0.2) is 0 Å². The van der Waals surface area contributed by atoms with E-state index in [4.69, 9.17) is 0 Å². The van der Waals surface area contributed by atoms with Gasteiger partial charge in [-0.3, -0.25) is 14.4 Å². The number of nitrogens with one attached hydrogen (secondary N) is 1. The molecule has 0 spiro atoms. The zero-order valence-electron chi connectivity index (χ0n) is 15.5. The topological polar surface area (TPSA) is 66.5 Å². The molecule has 2 aromatic carbocycles. The van der Waals surface area contributed by atoms with Gasteiger partial charge in [0.25, 0.3) is 5.91 Å². The second-order valence-electron chi connectivity index (χ2n) is 7.88. The average Bonchev–Trinajstić information content (AvgIpc) is 3.36. The summed E-state index contributed by atoms with van der Waals surface area (Å²) in [6.07, 6.45) is 5.07. The Kier molecular flexibility index (Phi) is 3.72. The molecule has 5 rings (SSSR count). The molecule has 3 aliphatic rings. The maximum absolute atomic E-state index is 13.0. The maximum atomic E-state index is 13.0. The van der Waals surface area contributed by atoms with Gasteiger partial charge in [0.2, 0.25) is 11.8 Å². The van der Waals surface area contributed by atoms with E-state index in [-0.39, 0.29) is 41.4 Å². The molecule has 1 saturated heterocycles. The molecular weight excluding hydrogens is 352 g/mol. The number of nitrogens with zero attached hydrogens (tertiary/aromatic N) is 1. The fourth-order valence-electron chi connectivity index (χ4n) is 4.79. The monoisotopic (exact) mass is 372 g/mol. The summed E-state index contributed by atoms with van der Waals surface area (Å²) in [6, 6.07) is 14.3. The molecule has 0 unspecified atom stereocenters. The van der Waals surface area contributed by atoms with E-state index in [2.05, 4.69) is 17.5 Å². The fourth-order valence-corrected chi connectivity index (χ4v) is 4.79. The lowest BCUT2D eigenvalue weighted by Crippen LogP contribution is -2.32. The van der Waals surface area contributed by atoms with Crippen LogP contribution < -0.4 is 10.2 Å². The number of hydrogen-bond donors (Lipinski definition) is 1. The molecule has 1 aliphatic heterocycles. The van der Waals surface area contributed by atoms with Crippen molar-refractivity contribution in [1.82, 2.24) is 0 Å². The minimum atomic E-state index is -0.228. The van der Waals surface area contributed by atoms with E-state index in [9.17, 15) is 14.4 Å². The third kappa shape index (κ3) is 2.50. The number of imide groups is 1. The van der Waals surface area contributed by atoms with Crippen LogP contribution in [0.5, 0.6) is 0 Å². The van der Waals surface area contributed by atoms with Crippen molar-refractivity contribution in [2.24, 2.45) is 23.7 Å². The third-order valence-electron chi connectivity index (χ3n) is 6.15. The molecule has 2 fully saturated rings. The molecule has 1 saturated carbocycles. The molecule has 2 aliphatic carbocycles. The second-order valence-corrected chi connectivity index (χ2v) is 7.88. The van der Waals surface area contributed by atoms with Crippen molar-refractivity contribution in [2.45, 2.75) is 13.3 Å². The zero-order chi connectivity index (χ0) is 19.4. The largest absolute Gasteiger partial charge is 0.322 e. The van der Waals surface area contributed by atoms with Gasteiger partial charge in [0.1, 0.15) is 0 Å². The van der Waals surface area contributed by atoms with Crippen LogP contribution in [0.25, 0.3) is 0 Å². The van der Waals surface area contributed by atoms with E-state index in [0.717, 1.165) is 12.0 Å². The molecule has 5 heteroatoms. The lowest BCUT2D eigenvalue weighted by molar-refractivity contribution is -0.123. The Morgan fingerprint density at radius 1 is 0.964 bits per heavy atom. The van der Waals surface area contributed by atoms with E-state index in [1.54, 1.807) is 36.4 Å². The number of aryl methyl sites for hydroxylation is 1. The summed E-state index contributed by atoms with van der Waals surface area (Å²) < 4.78 is 0. The molecule has 5 nitrogen and oxygen atoms in total. The van der Waals surface area contributed by atoms with Gasteiger partial charge < -0.3 is 5.32 Å². The molecule has 2 bridgehead atoms. The Morgan fingerprint density at radius 3 is 2.25 bits per heavy atom. The first-order valence-electron chi connectivity index (χ1n) is 9.57. The predicted molar refractivity (Wildman–Crippen MR) is 106 cm³/mol. The average molecular weight is 372 g/mol. The molecule has 140 valence electrons. The van der Waals surface area contributed by atoms with Crippen molar-refractivity contribution >= 4 is 29.1 Å². The summed E-state index contributed by atoms with van der Waals surface area (Å²) in [5.74, 6) is -0.554. The molecule has 1 heterocycles. The van der Waals surface area contributed by atoms with Crippen LogP contribution in [0.4, 0.5) is 11.4 Å². The Balaban J connectivity index is 1.39. The van der Waals surface area contributed by atoms with Crippen molar-refractivity contribution < 1.29 is 14.4 Å². The molecule has 4 atom stereocenters. The molecule has 28 heavy (non-hydrogen) atoms. The second kappa shape index (κ2) is 6.16. The predicted octanol–water partition coefficient (Wildman–Crippen LogP) is 3.56. The minimum Gasteiger partial charge on any atom is -0.322 e. The van der Waals surface area contributed by atoms with Crippen molar-refractivity contribution in [1.29, 1.82) is 0 Å². The normalized spacial score (nSPS) is 27.4. The van der Waals surface area contributed by atoms with E-state index >= 15 is 0 Å².